The minimum absolute atomic E-state index is 0.0389. The standard InChI is InChI=1S/C36H34ClF4N7O6/c1-53-31(52)27(14-15-28(49)30(51)42-19-16-21-2-10-25(38)11-3-21)44-29(50)22-4-12-26(13-5-22)43-32-45-33(47-34(46-32)54-20-36(39,40)41)48-35(17-18-35)23-6-8-24(37)9-7-23/h2-13,27H,14-20H2,1H3,(H,42,51)(H,44,50)(H2,43,45,46,47,48)/t27-/m0/s1. The number of nitrogens with one attached hydrogen (secondary N) is 4. The van der Waals surface area contributed by atoms with Gasteiger partial charge in [0.15, 0.2) is 6.61 Å². The van der Waals surface area contributed by atoms with Crippen molar-refractivity contribution in [2.24, 2.45) is 0 Å². The van der Waals surface area contributed by atoms with Gasteiger partial charge in [0, 0.05) is 29.2 Å². The molecule has 1 saturated carbocycles. The number of esters is 1. The molecule has 284 valence electrons. The van der Waals surface area contributed by atoms with Gasteiger partial charge < -0.3 is 30.7 Å². The summed E-state index contributed by atoms with van der Waals surface area (Å²) in [5, 5.41) is 11.6. The quantitative estimate of drug-likeness (QED) is 0.0613. The van der Waals surface area contributed by atoms with Crippen molar-refractivity contribution < 1.29 is 46.2 Å². The second-order valence-electron chi connectivity index (χ2n) is 12.2. The van der Waals surface area contributed by atoms with Crippen LogP contribution < -0.4 is 26.0 Å². The van der Waals surface area contributed by atoms with Crippen LogP contribution in [0.25, 0.3) is 0 Å². The summed E-state index contributed by atoms with van der Waals surface area (Å²) in [5.74, 6) is -3.80. The lowest BCUT2D eigenvalue weighted by Gasteiger charge is -2.19. The number of aromatic nitrogens is 3. The summed E-state index contributed by atoms with van der Waals surface area (Å²) in [6, 6.07) is 16.7. The second kappa shape index (κ2) is 17.3. The molecule has 5 rings (SSSR count). The maximum atomic E-state index is 13.1. The predicted octanol–water partition coefficient (Wildman–Crippen LogP) is 5.43. The van der Waals surface area contributed by atoms with Crippen molar-refractivity contribution in [1.82, 2.24) is 25.6 Å². The molecule has 18 heteroatoms. The van der Waals surface area contributed by atoms with E-state index < -0.39 is 59.8 Å². The molecule has 4 aromatic rings. The number of benzene rings is 3. The fourth-order valence-corrected chi connectivity index (χ4v) is 5.32. The molecule has 1 atom stereocenters. The van der Waals surface area contributed by atoms with Crippen LogP contribution in [0.3, 0.4) is 0 Å². The third-order valence-corrected chi connectivity index (χ3v) is 8.45. The van der Waals surface area contributed by atoms with Crippen LogP contribution in [-0.2, 0) is 31.1 Å². The highest BCUT2D eigenvalue weighted by molar-refractivity contribution is 6.36. The van der Waals surface area contributed by atoms with E-state index in [1.165, 1.54) is 36.4 Å². The van der Waals surface area contributed by atoms with E-state index in [1.807, 2.05) is 12.1 Å². The number of Topliss-reactive ketones (excluding diaryl/α,β-unsaturated/α-hetero) is 1. The molecule has 1 fully saturated rings. The Kier molecular flexibility index (Phi) is 12.6. The van der Waals surface area contributed by atoms with E-state index >= 15 is 0 Å². The number of methoxy groups -OCH3 is 1. The van der Waals surface area contributed by atoms with Crippen molar-refractivity contribution in [2.45, 2.75) is 49.9 Å². The van der Waals surface area contributed by atoms with Crippen LogP contribution in [-0.4, -0.2) is 71.0 Å². The first-order valence-electron chi connectivity index (χ1n) is 16.5. The number of hydrogen-bond donors (Lipinski definition) is 4. The lowest BCUT2D eigenvalue weighted by molar-refractivity contribution is -0.154. The maximum Gasteiger partial charge on any atom is 0.422 e. The third kappa shape index (κ3) is 11.3. The highest BCUT2D eigenvalue weighted by Crippen LogP contribution is 2.48. The van der Waals surface area contributed by atoms with Crippen molar-refractivity contribution in [2.75, 3.05) is 30.9 Å². The number of nitrogens with zero attached hydrogens (tertiary/aromatic N) is 3. The largest absolute Gasteiger partial charge is 0.467 e. The predicted molar refractivity (Wildman–Crippen MR) is 188 cm³/mol. The van der Waals surface area contributed by atoms with Gasteiger partial charge in [-0.15, -0.1) is 0 Å². The molecule has 0 aliphatic heterocycles. The van der Waals surface area contributed by atoms with Gasteiger partial charge in [-0.1, -0.05) is 35.9 Å². The number of carbonyl (C=O) groups is 4. The van der Waals surface area contributed by atoms with Gasteiger partial charge in [0.1, 0.15) is 11.9 Å². The van der Waals surface area contributed by atoms with Gasteiger partial charge in [-0.3, -0.25) is 14.4 Å². The maximum absolute atomic E-state index is 13.1. The molecule has 54 heavy (non-hydrogen) atoms. The van der Waals surface area contributed by atoms with Crippen molar-refractivity contribution in [3.05, 3.63) is 100 Å². The van der Waals surface area contributed by atoms with Gasteiger partial charge in [0.2, 0.25) is 17.7 Å². The number of ketones is 1. The molecule has 3 aromatic carbocycles. The topological polar surface area (TPSA) is 174 Å². The molecule has 1 aliphatic rings. The third-order valence-electron chi connectivity index (χ3n) is 8.20. The van der Waals surface area contributed by atoms with Crippen molar-refractivity contribution in [3.63, 3.8) is 0 Å². The average Bonchev–Trinajstić information content (AvgIpc) is 3.93. The number of alkyl halides is 3. The van der Waals surface area contributed by atoms with Crippen LogP contribution in [0.15, 0.2) is 72.8 Å². The Morgan fingerprint density at radius 3 is 2.20 bits per heavy atom. The Balaban J connectivity index is 1.19. The summed E-state index contributed by atoms with van der Waals surface area (Å²) in [4.78, 5) is 62.5. The molecule has 1 aliphatic carbocycles. The van der Waals surface area contributed by atoms with Crippen LogP contribution in [0.5, 0.6) is 6.01 Å². The molecule has 2 amide bonds. The van der Waals surface area contributed by atoms with Crippen molar-refractivity contribution in [3.8, 4) is 6.01 Å². The molecule has 1 aromatic heterocycles. The molecule has 0 bridgehead atoms. The zero-order valence-electron chi connectivity index (χ0n) is 28.6. The lowest BCUT2D eigenvalue weighted by atomic mass is 10.1. The molecule has 0 radical (unpaired) electrons. The normalized spacial score (nSPS) is 13.6. The smallest absolute Gasteiger partial charge is 0.422 e. The first-order valence-corrected chi connectivity index (χ1v) is 16.9. The number of hydrogen-bond acceptors (Lipinski definition) is 11. The number of anilines is 3. The highest BCUT2D eigenvalue weighted by atomic mass is 35.5. The van der Waals surface area contributed by atoms with Crippen LogP contribution in [0.2, 0.25) is 5.02 Å². The van der Waals surface area contributed by atoms with E-state index in [-0.39, 0.29) is 36.8 Å². The zero-order chi connectivity index (χ0) is 38.9. The summed E-state index contributed by atoms with van der Waals surface area (Å²) < 4.78 is 61.5. The molecule has 0 unspecified atom stereocenters. The molecule has 1 heterocycles. The number of carbonyl (C=O) groups excluding carboxylic acids is 4. The Morgan fingerprint density at radius 1 is 0.907 bits per heavy atom. The fraction of sp³-hybridized carbons (Fsp3) is 0.306. The summed E-state index contributed by atoms with van der Waals surface area (Å²) in [6.45, 7) is -1.50. The Labute approximate surface area is 311 Å². The minimum atomic E-state index is -4.64. The van der Waals surface area contributed by atoms with E-state index in [1.54, 1.807) is 24.3 Å². The van der Waals surface area contributed by atoms with E-state index in [0.29, 0.717) is 30.0 Å². The van der Waals surface area contributed by atoms with Crippen LogP contribution >= 0.6 is 11.6 Å². The van der Waals surface area contributed by atoms with Crippen LogP contribution in [0.1, 0.15) is 47.2 Å². The van der Waals surface area contributed by atoms with Gasteiger partial charge in [0.25, 0.3) is 11.8 Å². The minimum Gasteiger partial charge on any atom is -0.467 e. The molecule has 13 nitrogen and oxygen atoms in total. The van der Waals surface area contributed by atoms with Gasteiger partial charge in [-0.05, 0) is 85.3 Å². The van der Waals surface area contributed by atoms with E-state index in [4.69, 9.17) is 21.1 Å². The summed E-state index contributed by atoms with van der Waals surface area (Å²) >= 11 is 6.02. The Bertz CT molecular complexity index is 1960. The number of halogens is 5. The van der Waals surface area contributed by atoms with Gasteiger partial charge in [-0.2, -0.15) is 28.1 Å². The van der Waals surface area contributed by atoms with E-state index in [2.05, 4.69) is 36.2 Å². The Morgan fingerprint density at radius 2 is 1.57 bits per heavy atom. The van der Waals surface area contributed by atoms with Crippen LogP contribution in [0, 0.1) is 5.82 Å². The molecular formula is C36H34ClF4N7O6. The molecule has 4 N–H and O–H groups in total. The van der Waals surface area contributed by atoms with Crippen molar-refractivity contribution >= 4 is 52.8 Å². The molecular weight excluding hydrogens is 738 g/mol. The van der Waals surface area contributed by atoms with Crippen molar-refractivity contribution in [1.29, 1.82) is 0 Å². The SMILES string of the molecule is COC(=O)[C@H](CCC(=O)C(=O)NCCc1ccc(F)cc1)NC(=O)c1ccc(Nc2nc(NC3(c4ccc(Cl)cc4)CC3)nc(OCC(F)(F)F)n2)cc1. The van der Waals surface area contributed by atoms with Gasteiger partial charge in [0.05, 0.1) is 12.6 Å². The zero-order valence-corrected chi connectivity index (χ0v) is 29.4. The average molecular weight is 772 g/mol. The Hall–Kier alpha value is -5.84. The first kappa shape index (κ1) is 39.4. The number of amides is 2. The summed E-state index contributed by atoms with van der Waals surface area (Å²) in [5.41, 5.74) is 1.52. The van der Waals surface area contributed by atoms with E-state index in [9.17, 15) is 36.7 Å². The lowest BCUT2D eigenvalue weighted by Crippen LogP contribution is -2.42. The fourth-order valence-electron chi connectivity index (χ4n) is 5.20. The van der Waals surface area contributed by atoms with E-state index in [0.717, 1.165) is 18.2 Å². The van der Waals surface area contributed by atoms with Gasteiger partial charge in [-0.25, -0.2) is 9.18 Å². The molecule has 0 saturated heterocycles. The van der Waals surface area contributed by atoms with Gasteiger partial charge >= 0.3 is 18.2 Å². The highest BCUT2D eigenvalue weighted by Gasteiger charge is 2.45. The first-order chi connectivity index (χ1) is 25.7. The van der Waals surface area contributed by atoms with Crippen LogP contribution in [0.4, 0.5) is 35.1 Å². The monoisotopic (exact) mass is 771 g/mol. The second-order valence-corrected chi connectivity index (χ2v) is 12.7. The summed E-state index contributed by atoms with van der Waals surface area (Å²) in [7, 11) is 1.11. The number of ether oxygens (including phenoxy) is 2. The molecule has 0 spiro atoms. The summed E-state index contributed by atoms with van der Waals surface area (Å²) in [6.07, 6.45) is -3.47. The number of rotatable bonds is 17.